The van der Waals surface area contributed by atoms with Crippen LogP contribution in [0.15, 0.2) is 12.7 Å². The average Bonchev–Trinajstić information content (AvgIpc) is 3.05. The fourth-order valence-corrected chi connectivity index (χ4v) is 2.44. The molecule has 1 aliphatic heterocycles. The quantitative estimate of drug-likeness (QED) is 0.459. The first-order valence-electron chi connectivity index (χ1n) is 6.86. The fraction of sp³-hybridized carbons (Fsp3) is 0.583. The van der Waals surface area contributed by atoms with Crippen LogP contribution in [-0.2, 0) is 9.47 Å². The molecule has 0 unspecified atom stereocenters. The number of imidazole rings is 1. The van der Waals surface area contributed by atoms with E-state index >= 15 is 0 Å². The Morgan fingerprint density at radius 1 is 1.27 bits per heavy atom. The fourth-order valence-electron chi connectivity index (χ4n) is 2.44. The summed E-state index contributed by atoms with van der Waals surface area (Å²) in [4.78, 5) is 12.1. The number of aliphatic hydroxyl groups excluding tert-OH is 2. The van der Waals surface area contributed by atoms with Crippen molar-refractivity contribution in [3.63, 3.8) is 0 Å². The van der Waals surface area contributed by atoms with E-state index in [-0.39, 0.29) is 12.4 Å². The molecule has 4 atom stereocenters. The van der Waals surface area contributed by atoms with E-state index in [1.165, 1.54) is 17.2 Å². The third-order valence-corrected chi connectivity index (χ3v) is 3.54. The first-order chi connectivity index (χ1) is 10.6. The molecule has 3 rings (SSSR count). The molecule has 1 fully saturated rings. The van der Waals surface area contributed by atoms with Gasteiger partial charge in [-0.2, -0.15) is 0 Å². The number of nitrogens with two attached hydrogens (primary N) is 2. The molecule has 0 radical (unpaired) electrons. The van der Waals surface area contributed by atoms with Crippen molar-refractivity contribution in [1.29, 1.82) is 0 Å². The van der Waals surface area contributed by atoms with E-state index < -0.39 is 24.5 Å². The second-order valence-electron chi connectivity index (χ2n) is 4.99. The molecule has 0 bridgehead atoms. The molecule has 10 heteroatoms. The van der Waals surface area contributed by atoms with Gasteiger partial charge in [-0.05, 0) is 0 Å². The predicted molar refractivity (Wildman–Crippen MR) is 75.5 cm³/mol. The molecule has 2 aromatic rings. The van der Waals surface area contributed by atoms with E-state index in [1.54, 1.807) is 0 Å². The molecule has 22 heavy (non-hydrogen) atoms. The number of anilines is 1. The lowest BCUT2D eigenvalue weighted by Gasteiger charge is -2.16. The van der Waals surface area contributed by atoms with E-state index in [0.717, 1.165) is 0 Å². The highest BCUT2D eigenvalue weighted by Gasteiger charge is 2.44. The van der Waals surface area contributed by atoms with Gasteiger partial charge in [-0.15, -0.1) is 0 Å². The molecule has 10 nitrogen and oxygen atoms in total. The summed E-state index contributed by atoms with van der Waals surface area (Å²) in [6.45, 7) is 0.859. The van der Waals surface area contributed by atoms with Gasteiger partial charge >= 0.3 is 0 Å². The molecular formula is C12H18N6O4. The molecule has 0 spiro atoms. The Balaban J connectivity index is 1.83. The number of nitrogens with zero attached hydrogens (tertiary/aromatic N) is 4. The number of aliphatic hydroxyl groups is 2. The van der Waals surface area contributed by atoms with Gasteiger partial charge in [0, 0.05) is 6.54 Å². The third kappa shape index (κ3) is 2.51. The zero-order chi connectivity index (χ0) is 15.7. The van der Waals surface area contributed by atoms with Crippen LogP contribution in [0.2, 0.25) is 0 Å². The van der Waals surface area contributed by atoms with Crippen LogP contribution in [-0.4, -0.2) is 67.8 Å². The highest BCUT2D eigenvalue weighted by atomic mass is 16.6. The Bertz CT molecular complexity index is 650. The first-order valence-corrected chi connectivity index (χ1v) is 6.86. The number of hydrogen-bond acceptors (Lipinski definition) is 9. The van der Waals surface area contributed by atoms with Gasteiger partial charge in [-0.1, -0.05) is 0 Å². The van der Waals surface area contributed by atoms with Gasteiger partial charge in [0.1, 0.15) is 30.2 Å². The number of aromatic nitrogens is 4. The largest absolute Gasteiger partial charge is 0.387 e. The Morgan fingerprint density at radius 3 is 2.86 bits per heavy atom. The van der Waals surface area contributed by atoms with Crippen LogP contribution in [0.3, 0.4) is 0 Å². The van der Waals surface area contributed by atoms with Crippen molar-refractivity contribution in [3.8, 4) is 0 Å². The molecule has 1 saturated heterocycles. The Labute approximate surface area is 125 Å². The van der Waals surface area contributed by atoms with Crippen molar-refractivity contribution in [3.05, 3.63) is 12.7 Å². The maximum atomic E-state index is 10.2. The topological polar surface area (TPSA) is 155 Å². The molecule has 6 N–H and O–H groups in total. The average molecular weight is 310 g/mol. The van der Waals surface area contributed by atoms with Crippen LogP contribution in [0.1, 0.15) is 6.23 Å². The normalized spacial score (nSPS) is 28.5. The summed E-state index contributed by atoms with van der Waals surface area (Å²) < 4.78 is 12.5. The number of ether oxygens (including phenoxy) is 2. The number of hydrogen-bond donors (Lipinski definition) is 4. The maximum Gasteiger partial charge on any atom is 0.167 e. The van der Waals surface area contributed by atoms with Crippen LogP contribution in [0.4, 0.5) is 5.82 Å². The van der Waals surface area contributed by atoms with E-state index in [0.29, 0.717) is 24.3 Å². The van der Waals surface area contributed by atoms with Crippen molar-refractivity contribution >= 4 is 17.0 Å². The van der Waals surface area contributed by atoms with Gasteiger partial charge < -0.3 is 31.2 Å². The highest BCUT2D eigenvalue weighted by molar-refractivity contribution is 5.81. The van der Waals surface area contributed by atoms with Gasteiger partial charge in [0.25, 0.3) is 0 Å². The second-order valence-corrected chi connectivity index (χ2v) is 4.99. The van der Waals surface area contributed by atoms with E-state index in [1.807, 2.05) is 0 Å². The lowest BCUT2D eigenvalue weighted by atomic mass is 10.1. The lowest BCUT2D eigenvalue weighted by Crippen LogP contribution is -2.34. The van der Waals surface area contributed by atoms with Crippen molar-refractivity contribution < 1.29 is 19.7 Å². The number of nitrogen functional groups attached to an aromatic ring is 1. The van der Waals surface area contributed by atoms with Crippen LogP contribution in [0.5, 0.6) is 0 Å². The van der Waals surface area contributed by atoms with Gasteiger partial charge in [-0.25, -0.2) is 15.0 Å². The minimum Gasteiger partial charge on any atom is -0.387 e. The van der Waals surface area contributed by atoms with E-state index in [2.05, 4.69) is 15.0 Å². The monoisotopic (exact) mass is 310 g/mol. The summed E-state index contributed by atoms with van der Waals surface area (Å²) in [5.74, 6) is 0.236. The second kappa shape index (κ2) is 6.10. The summed E-state index contributed by atoms with van der Waals surface area (Å²) in [5.41, 5.74) is 11.9. The molecule has 1 aliphatic rings. The zero-order valence-electron chi connectivity index (χ0n) is 11.7. The molecule has 3 heterocycles. The van der Waals surface area contributed by atoms with Crippen LogP contribution in [0.25, 0.3) is 11.2 Å². The molecule has 2 aromatic heterocycles. The predicted octanol–water partition coefficient (Wildman–Crippen LogP) is -2.00. The first kappa shape index (κ1) is 15.1. The Hall–Kier alpha value is -1.85. The van der Waals surface area contributed by atoms with Crippen LogP contribution >= 0.6 is 0 Å². The molecule has 0 amide bonds. The van der Waals surface area contributed by atoms with Crippen molar-refractivity contribution in [2.24, 2.45) is 5.73 Å². The minimum absolute atomic E-state index is 0.135. The standard InChI is InChI=1S/C12H18N6O4/c13-1-2-21-3-6-8(19)9(20)12(22-6)18-5-17-7-10(14)15-4-16-11(7)18/h4-6,8-9,12,19-20H,1-3,13H2,(H2,14,15,16)/t6-,8-,9-,12-/m1/s1. The third-order valence-electron chi connectivity index (χ3n) is 3.54. The van der Waals surface area contributed by atoms with E-state index in [9.17, 15) is 10.2 Å². The zero-order valence-corrected chi connectivity index (χ0v) is 11.7. The van der Waals surface area contributed by atoms with Gasteiger partial charge in [0.15, 0.2) is 17.7 Å². The van der Waals surface area contributed by atoms with Crippen LogP contribution < -0.4 is 11.5 Å². The number of fused-ring (bicyclic) bond motifs is 1. The maximum absolute atomic E-state index is 10.2. The van der Waals surface area contributed by atoms with E-state index in [4.69, 9.17) is 20.9 Å². The van der Waals surface area contributed by atoms with Gasteiger partial charge in [-0.3, -0.25) is 4.57 Å². The molecular weight excluding hydrogens is 292 g/mol. The summed E-state index contributed by atoms with van der Waals surface area (Å²) in [6, 6.07) is 0. The van der Waals surface area contributed by atoms with Crippen LogP contribution in [0, 0.1) is 0 Å². The van der Waals surface area contributed by atoms with Crippen molar-refractivity contribution in [1.82, 2.24) is 19.5 Å². The molecule has 120 valence electrons. The molecule has 0 aliphatic carbocycles. The summed E-state index contributed by atoms with van der Waals surface area (Å²) in [6.07, 6.45) is -0.974. The number of rotatable bonds is 5. The summed E-state index contributed by atoms with van der Waals surface area (Å²) >= 11 is 0. The van der Waals surface area contributed by atoms with Gasteiger partial charge in [0.2, 0.25) is 0 Å². The van der Waals surface area contributed by atoms with Crippen molar-refractivity contribution in [2.45, 2.75) is 24.5 Å². The van der Waals surface area contributed by atoms with Gasteiger partial charge in [0.05, 0.1) is 19.5 Å². The lowest BCUT2D eigenvalue weighted by molar-refractivity contribution is -0.0644. The summed E-state index contributed by atoms with van der Waals surface area (Å²) in [5, 5.41) is 20.3. The highest BCUT2D eigenvalue weighted by Crippen LogP contribution is 2.31. The summed E-state index contributed by atoms with van der Waals surface area (Å²) in [7, 11) is 0. The minimum atomic E-state index is -1.14. The Morgan fingerprint density at radius 2 is 2.09 bits per heavy atom. The van der Waals surface area contributed by atoms with Crippen molar-refractivity contribution in [2.75, 3.05) is 25.5 Å². The molecule has 0 saturated carbocycles. The Kier molecular flexibility index (Phi) is 4.18. The smallest absolute Gasteiger partial charge is 0.167 e. The molecule has 0 aromatic carbocycles. The SMILES string of the molecule is NCCOC[C@H]1O[C@@H](n2cnc3c(N)ncnc32)[C@H](O)[C@@H]1O.